The molecule has 5 nitrogen and oxygen atoms in total. The molecule has 0 fully saturated rings. The number of carbonyl (C=O) groups excluding carboxylic acids is 1. The van der Waals surface area contributed by atoms with E-state index in [9.17, 15) is 14.0 Å². The molecule has 0 amide bonds. The zero-order chi connectivity index (χ0) is 14.6. The number of hydrogen-bond acceptors (Lipinski definition) is 4. The fourth-order valence-corrected chi connectivity index (χ4v) is 1.39. The molecule has 0 saturated carbocycles. The molecule has 0 aliphatic carbocycles. The molecule has 0 unspecified atom stereocenters. The Bertz CT molecular complexity index is 496. The summed E-state index contributed by atoms with van der Waals surface area (Å²) in [6, 6.07) is 3.17. The fraction of sp³-hybridized carbons (Fsp3) is 0.385. The lowest BCUT2D eigenvalue weighted by atomic mass is 9.95. The predicted octanol–water partition coefficient (Wildman–Crippen LogP) is 2.10. The topological polar surface area (TPSA) is 72.8 Å². The van der Waals surface area contributed by atoms with Crippen molar-refractivity contribution in [2.24, 2.45) is 5.41 Å². The van der Waals surface area contributed by atoms with Crippen molar-refractivity contribution in [3.63, 3.8) is 0 Å². The maximum atomic E-state index is 13.0. The van der Waals surface area contributed by atoms with Gasteiger partial charge in [0.1, 0.15) is 23.7 Å². The van der Waals surface area contributed by atoms with Gasteiger partial charge >= 0.3 is 11.9 Å². The van der Waals surface area contributed by atoms with Gasteiger partial charge in [0.25, 0.3) is 0 Å². The van der Waals surface area contributed by atoms with E-state index in [2.05, 4.69) is 4.74 Å². The van der Waals surface area contributed by atoms with E-state index < -0.39 is 23.2 Å². The Morgan fingerprint density at radius 1 is 1.37 bits per heavy atom. The van der Waals surface area contributed by atoms with Crippen LogP contribution in [-0.4, -0.2) is 30.8 Å². The van der Waals surface area contributed by atoms with Gasteiger partial charge in [-0.15, -0.1) is 0 Å². The van der Waals surface area contributed by atoms with Gasteiger partial charge in [-0.1, -0.05) is 0 Å². The molecular weight excluding hydrogens is 255 g/mol. The monoisotopic (exact) mass is 270 g/mol. The highest BCUT2D eigenvalue weighted by Crippen LogP contribution is 2.24. The van der Waals surface area contributed by atoms with E-state index in [1.165, 1.54) is 13.2 Å². The first-order chi connectivity index (χ1) is 8.77. The molecular formula is C13H15FO5. The minimum atomic E-state index is -1.30. The summed E-state index contributed by atoms with van der Waals surface area (Å²) in [6.07, 6.45) is 0. The van der Waals surface area contributed by atoms with Crippen LogP contribution in [0.2, 0.25) is 0 Å². The van der Waals surface area contributed by atoms with Crippen molar-refractivity contribution in [3.05, 3.63) is 29.6 Å². The summed E-state index contributed by atoms with van der Waals surface area (Å²) in [5.41, 5.74) is -1.22. The second kappa shape index (κ2) is 5.69. The third-order valence-corrected chi connectivity index (χ3v) is 2.50. The molecule has 0 heterocycles. The van der Waals surface area contributed by atoms with Gasteiger partial charge in [-0.05, 0) is 32.0 Å². The molecule has 1 aromatic carbocycles. The lowest BCUT2D eigenvalue weighted by Crippen LogP contribution is -2.32. The summed E-state index contributed by atoms with van der Waals surface area (Å²) >= 11 is 0. The smallest absolute Gasteiger partial charge is 0.339 e. The standard InChI is InChI=1S/C13H15FO5/c1-13(2,12(17)18-3)7-19-10-5-4-8(14)6-9(10)11(15)16/h4-6H,7H2,1-3H3,(H,15,16). The highest BCUT2D eigenvalue weighted by molar-refractivity contribution is 5.90. The van der Waals surface area contributed by atoms with Gasteiger partial charge in [0.05, 0.1) is 12.5 Å². The summed E-state index contributed by atoms with van der Waals surface area (Å²) in [7, 11) is 1.25. The number of hydrogen-bond donors (Lipinski definition) is 1. The molecule has 0 aliphatic heterocycles. The largest absolute Gasteiger partial charge is 0.492 e. The third kappa shape index (κ3) is 3.67. The van der Waals surface area contributed by atoms with Gasteiger partial charge < -0.3 is 14.6 Å². The van der Waals surface area contributed by atoms with Crippen molar-refractivity contribution in [3.8, 4) is 5.75 Å². The molecule has 0 saturated heterocycles. The van der Waals surface area contributed by atoms with Crippen molar-refractivity contribution < 1.29 is 28.6 Å². The van der Waals surface area contributed by atoms with Crippen LogP contribution in [0.25, 0.3) is 0 Å². The zero-order valence-electron chi connectivity index (χ0n) is 10.9. The van der Waals surface area contributed by atoms with Crippen molar-refractivity contribution in [1.82, 2.24) is 0 Å². The summed E-state index contributed by atoms with van der Waals surface area (Å²) < 4.78 is 22.9. The maximum absolute atomic E-state index is 13.0. The van der Waals surface area contributed by atoms with E-state index in [0.717, 1.165) is 12.1 Å². The molecule has 0 aliphatic rings. The average molecular weight is 270 g/mol. The molecule has 0 radical (unpaired) electrons. The normalized spacial score (nSPS) is 10.9. The van der Waals surface area contributed by atoms with Gasteiger partial charge in [0.15, 0.2) is 0 Å². The number of carboxylic acid groups (broad SMARTS) is 1. The number of aromatic carboxylic acids is 1. The number of ether oxygens (including phenoxy) is 2. The maximum Gasteiger partial charge on any atom is 0.339 e. The van der Waals surface area contributed by atoms with Gasteiger partial charge in [0, 0.05) is 0 Å². The van der Waals surface area contributed by atoms with E-state index in [1.807, 2.05) is 0 Å². The van der Waals surface area contributed by atoms with E-state index in [4.69, 9.17) is 9.84 Å². The van der Waals surface area contributed by atoms with E-state index in [0.29, 0.717) is 0 Å². The number of carboxylic acids is 1. The van der Waals surface area contributed by atoms with Crippen LogP contribution < -0.4 is 4.74 Å². The number of halogens is 1. The van der Waals surface area contributed by atoms with Crippen LogP contribution in [-0.2, 0) is 9.53 Å². The number of carbonyl (C=O) groups is 2. The van der Waals surface area contributed by atoms with E-state index in [1.54, 1.807) is 13.8 Å². The van der Waals surface area contributed by atoms with Crippen LogP contribution >= 0.6 is 0 Å². The van der Waals surface area contributed by atoms with Crippen LogP contribution in [0.5, 0.6) is 5.75 Å². The quantitative estimate of drug-likeness (QED) is 0.829. The van der Waals surface area contributed by atoms with Gasteiger partial charge in [0.2, 0.25) is 0 Å². The third-order valence-electron chi connectivity index (χ3n) is 2.50. The summed E-state index contributed by atoms with van der Waals surface area (Å²) in [5.74, 6) is -2.44. The fourth-order valence-electron chi connectivity index (χ4n) is 1.39. The van der Waals surface area contributed by atoms with Crippen LogP contribution in [0, 0.1) is 11.2 Å². The summed E-state index contributed by atoms with van der Waals surface area (Å²) in [4.78, 5) is 22.4. The highest BCUT2D eigenvalue weighted by Gasteiger charge is 2.30. The zero-order valence-corrected chi connectivity index (χ0v) is 10.9. The highest BCUT2D eigenvalue weighted by atomic mass is 19.1. The molecule has 6 heteroatoms. The molecule has 19 heavy (non-hydrogen) atoms. The number of benzene rings is 1. The van der Waals surface area contributed by atoms with Crippen LogP contribution in [0.3, 0.4) is 0 Å². The predicted molar refractivity (Wildman–Crippen MR) is 64.7 cm³/mol. The lowest BCUT2D eigenvalue weighted by Gasteiger charge is -2.22. The molecule has 104 valence electrons. The summed E-state index contributed by atoms with van der Waals surface area (Å²) in [6.45, 7) is 3.12. The second-order valence-electron chi connectivity index (χ2n) is 4.61. The molecule has 1 rings (SSSR count). The van der Waals surface area contributed by atoms with E-state index in [-0.39, 0.29) is 17.9 Å². The van der Waals surface area contributed by atoms with Crippen molar-refractivity contribution >= 4 is 11.9 Å². The molecule has 0 atom stereocenters. The van der Waals surface area contributed by atoms with Crippen molar-refractivity contribution in [2.45, 2.75) is 13.8 Å². The second-order valence-corrected chi connectivity index (χ2v) is 4.61. The van der Waals surface area contributed by atoms with Crippen LogP contribution in [0.4, 0.5) is 4.39 Å². The molecule has 0 spiro atoms. The molecule has 0 bridgehead atoms. The molecule has 1 aromatic rings. The number of esters is 1. The Balaban J connectivity index is 2.89. The number of methoxy groups -OCH3 is 1. The lowest BCUT2D eigenvalue weighted by molar-refractivity contribution is -0.152. The first-order valence-corrected chi connectivity index (χ1v) is 5.52. The molecule has 1 N–H and O–H groups in total. The number of rotatable bonds is 5. The van der Waals surface area contributed by atoms with E-state index >= 15 is 0 Å². The van der Waals surface area contributed by atoms with Crippen molar-refractivity contribution in [2.75, 3.05) is 13.7 Å². The average Bonchev–Trinajstić information content (AvgIpc) is 2.36. The Labute approximate surface area is 109 Å². The minimum Gasteiger partial charge on any atom is -0.492 e. The Hall–Kier alpha value is -2.11. The van der Waals surface area contributed by atoms with Gasteiger partial charge in [-0.3, -0.25) is 4.79 Å². The summed E-state index contributed by atoms with van der Waals surface area (Å²) in [5, 5.41) is 8.94. The molecule has 0 aromatic heterocycles. The first-order valence-electron chi connectivity index (χ1n) is 5.52. The van der Waals surface area contributed by atoms with Crippen molar-refractivity contribution in [1.29, 1.82) is 0 Å². The first kappa shape index (κ1) is 14.9. The van der Waals surface area contributed by atoms with Gasteiger partial charge in [-0.25, -0.2) is 9.18 Å². The SMILES string of the molecule is COC(=O)C(C)(C)COc1ccc(F)cc1C(=O)O. The minimum absolute atomic E-state index is 0.00544. The Morgan fingerprint density at radius 2 is 2.00 bits per heavy atom. The Morgan fingerprint density at radius 3 is 2.53 bits per heavy atom. The van der Waals surface area contributed by atoms with Crippen LogP contribution in [0.15, 0.2) is 18.2 Å². The Kier molecular flexibility index (Phi) is 4.47. The van der Waals surface area contributed by atoms with Gasteiger partial charge in [-0.2, -0.15) is 0 Å². The van der Waals surface area contributed by atoms with Crippen LogP contribution in [0.1, 0.15) is 24.2 Å².